The molecule has 0 aliphatic heterocycles. The van der Waals surface area contributed by atoms with Crippen molar-refractivity contribution in [1.82, 2.24) is 0 Å². The molecule has 2 aromatic rings. The van der Waals surface area contributed by atoms with Crippen LogP contribution in [0.5, 0.6) is 5.75 Å². The summed E-state index contributed by atoms with van der Waals surface area (Å²) >= 11 is 0. The molecule has 0 saturated carbocycles. The molecule has 0 bridgehead atoms. The van der Waals surface area contributed by atoms with E-state index in [1.165, 1.54) is 0 Å². The first-order chi connectivity index (χ1) is 11.7. The number of nitriles is 1. The highest BCUT2D eigenvalue weighted by Gasteiger charge is 2.19. The van der Waals surface area contributed by atoms with Crippen molar-refractivity contribution < 1.29 is 14.3 Å². The van der Waals surface area contributed by atoms with Gasteiger partial charge in [0.15, 0.2) is 0 Å². The lowest BCUT2D eigenvalue weighted by Crippen LogP contribution is -2.09. The van der Waals surface area contributed by atoms with Crippen molar-refractivity contribution in [3.05, 3.63) is 71.3 Å². The molecule has 0 N–H and O–H groups in total. The van der Waals surface area contributed by atoms with Gasteiger partial charge >= 0.3 is 5.97 Å². The maximum atomic E-state index is 12.2. The fraction of sp³-hybridized carbons (Fsp3) is 0.200. The Labute approximate surface area is 141 Å². The standard InChI is InChI=1S/C20H19NO3/c1-3-23-17-12-10-16(11-13-17)19(15-8-6-5-7-9-15)18(14-21)20(22)24-4-2/h5-13H,3-4H2,1-2H3. The number of carbonyl (C=O) groups is 1. The number of hydrogen-bond donors (Lipinski definition) is 0. The maximum Gasteiger partial charge on any atom is 0.349 e. The highest BCUT2D eigenvalue weighted by atomic mass is 16.5. The summed E-state index contributed by atoms with van der Waals surface area (Å²) in [5.74, 6) is 0.121. The average molecular weight is 321 g/mol. The molecule has 122 valence electrons. The summed E-state index contributed by atoms with van der Waals surface area (Å²) in [6, 6.07) is 18.7. The van der Waals surface area contributed by atoms with Crippen LogP contribution in [-0.2, 0) is 9.53 Å². The predicted octanol–water partition coefficient (Wildman–Crippen LogP) is 3.97. The second kappa shape index (κ2) is 8.54. The van der Waals surface area contributed by atoms with Crippen LogP contribution in [0.2, 0.25) is 0 Å². The van der Waals surface area contributed by atoms with E-state index in [4.69, 9.17) is 9.47 Å². The van der Waals surface area contributed by atoms with Gasteiger partial charge < -0.3 is 9.47 Å². The third-order valence-electron chi connectivity index (χ3n) is 3.36. The van der Waals surface area contributed by atoms with Crippen LogP contribution in [0.4, 0.5) is 0 Å². The number of rotatable bonds is 6. The van der Waals surface area contributed by atoms with Crippen LogP contribution in [0.15, 0.2) is 60.2 Å². The first-order valence-electron chi connectivity index (χ1n) is 7.81. The van der Waals surface area contributed by atoms with Crippen LogP contribution in [0.25, 0.3) is 5.57 Å². The number of hydrogen-bond acceptors (Lipinski definition) is 4. The van der Waals surface area contributed by atoms with Crippen molar-refractivity contribution in [2.75, 3.05) is 13.2 Å². The highest BCUT2D eigenvalue weighted by Crippen LogP contribution is 2.29. The Bertz CT molecular complexity index is 756. The minimum atomic E-state index is -0.618. The van der Waals surface area contributed by atoms with Crippen LogP contribution in [0.3, 0.4) is 0 Å². The van der Waals surface area contributed by atoms with E-state index in [1.54, 1.807) is 6.92 Å². The Hall–Kier alpha value is -3.06. The van der Waals surface area contributed by atoms with Gasteiger partial charge in [-0.3, -0.25) is 0 Å². The number of carbonyl (C=O) groups excluding carboxylic acids is 1. The molecule has 4 nitrogen and oxygen atoms in total. The molecular weight excluding hydrogens is 302 g/mol. The van der Waals surface area contributed by atoms with Crippen LogP contribution in [-0.4, -0.2) is 19.2 Å². The van der Waals surface area contributed by atoms with Crippen molar-refractivity contribution >= 4 is 11.5 Å². The number of benzene rings is 2. The van der Waals surface area contributed by atoms with Gasteiger partial charge in [0, 0.05) is 5.57 Å². The van der Waals surface area contributed by atoms with Gasteiger partial charge in [-0.05, 0) is 37.1 Å². The maximum absolute atomic E-state index is 12.2. The van der Waals surface area contributed by atoms with E-state index in [9.17, 15) is 10.1 Å². The predicted molar refractivity (Wildman–Crippen MR) is 92.3 cm³/mol. The summed E-state index contributed by atoms with van der Waals surface area (Å²) in [4.78, 5) is 12.2. The fourth-order valence-electron chi connectivity index (χ4n) is 2.35. The van der Waals surface area contributed by atoms with Crippen molar-refractivity contribution in [2.45, 2.75) is 13.8 Å². The monoisotopic (exact) mass is 321 g/mol. The van der Waals surface area contributed by atoms with Gasteiger partial charge in [-0.1, -0.05) is 42.5 Å². The van der Waals surface area contributed by atoms with E-state index >= 15 is 0 Å². The topological polar surface area (TPSA) is 59.3 Å². The highest BCUT2D eigenvalue weighted by molar-refractivity contribution is 6.05. The third kappa shape index (κ3) is 4.02. The molecule has 0 amide bonds. The number of esters is 1. The molecule has 0 saturated heterocycles. The Kier molecular flexibility index (Phi) is 6.16. The molecule has 2 rings (SSSR count). The van der Waals surface area contributed by atoms with Gasteiger partial charge in [0.2, 0.25) is 0 Å². The fourth-order valence-corrected chi connectivity index (χ4v) is 2.35. The molecule has 0 fully saturated rings. The summed E-state index contributed by atoms with van der Waals surface area (Å²) in [5.41, 5.74) is 2.09. The second-order valence-electron chi connectivity index (χ2n) is 4.91. The molecule has 0 aromatic heterocycles. The molecule has 2 aromatic carbocycles. The largest absolute Gasteiger partial charge is 0.494 e. The Morgan fingerprint density at radius 2 is 1.58 bits per heavy atom. The third-order valence-corrected chi connectivity index (χ3v) is 3.36. The molecule has 0 spiro atoms. The zero-order valence-electron chi connectivity index (χ0n) is 13.8. The molecule has 0 aliphatic carbocycles. The van der Waals surface area contributed by atoms with E-state index in [0.29, 0.717) is 12.2 Å². The molecule has 24 heavy (non-hydrogen) atoms. The quantitative estimate of drug-likeness (QED) is 0.459. The molecule has 0 heterocycles. The minimum Gasteiger partial charge on any atom is -0.494 e. The zero-order chi connectivity index (χ0) is 17.4. The van der Waals surface area contributed by atoms with Crippen LogP contribution >= 0.6 is 0 Å². The molecule has 0 atom stereocenters. The van der Waals surface area contributed by atoms with E-state index in [1.807, 2.05) is 67.6 Å². The number of ether oxygens (including phenoxy) is 2. The smallest absolute Gasteiger partial charge is 0.349 e. The summed E-state index contributed by atoms with van der Waals surface area (Å²) in [7, 11) is 0. The molecule has 0 unspecified atom stereocenters. The van der Waals surface area contributed by atoms with E-state index < -0.39 is 5.97 Å². The summed E-state index contributed by atoms with van der Waals surface area (Å²) < 4.78 is 10.5. The van der Waals surface area contributed by atoms with Gasteiger partial charge in [-0.25, -0.2) is 4.79 Å². The lowest BCUT2D eigenvalue weighted by Gasteiger charge is -2.12. The molecular formula is C20H19NO3. The van der Waals surface area contributed by atoms with Gasteiger partial charge in [0.1, 0.15) is 17.4 Å². The Balaban J connectivity index is 2.59. The van der Waals surface area contributed by atoms with Crippen molar-refractivity contribution in [3.63, 3.8) is 0 Å². The number of nitrogens with zero attached hydrogens (tertiary/aromatic N) is 1. The van der Waals surface area contributed by atoms with Crippen molar-refractivity contribution in [1.29, 1.82) is 5.26 Å². The lowest BCUT2D eigenvalue weighted by molar-refractivity contribution is -0.137. The minimum absolute atomic E-state index is 0.00721. The first kappa shape index (κ1) is 17.3. The lowest BCUT2D eigenvalue weighted by atomic mass is 9.93. The second-order valence-corrected chi connectivity index (χ2v) is 4.91. The van der Waals surface area contributed by atoms with Crippen LogP contribution in [0, 0.1) is 11.3 Å². The first-order valence-corrected chi connectivity index (χ1v) is 7.81. The Morgan fingerprint density at radius 1 is 0.958 bits per heavy atom. The van der Waals surface area contributed by atoms with E-state index in [-0.39, 0.29) is 12.2 Å². The molecule has 0 radical (unpaired) electrons. The summed E-state index contributed by atoms with van der Waals surface area (Å²) in [5, 5.41) is 9.52. The van der Waals surface area contributed by atoms with Crippen LogP contribution in [0.1, 0.15) is 25.0 Å². The van der Waals surface area contributed by atoms with Gasteiger partial charge in [-0.2, -0.15) is 5.26 Å². The van der Waals surface area contributed by atoms with Gasteiger partial charge in [0.05, 0.1) is 13.2 Å². The molecule has 4 heteroatoms. The SMILES string of the molecule is CCOC(=O)C(C#N)=C(c1ccccc1)c1ccc(OCC)cc1. The van der Waals surface area contributed by atoms with Gasteiger partial charge in [0.25, 0.3) is 0 Å². The normalized spacial score (nSPS) is 11.2. The summed E-state index contributed by atoms with van der Waals surface area (Å²) in [6.07, 6.45) is 0. The van der Waals surface area contributed by atoms with Crippen molar-refractivity contribution in [2.24, 2.45) is 0 Å². The Morgan fingerprint density at radius 3 is 2.12 bits per heavy atom. The summed E-state index contributed by atoms with van der Waals surface area (Å²) in [6.45, 7) is 4.42. The van der Waals surface area contributed by atoms with E-state index in [2.05, 4.69) is 0 Å². The van der Waals surface area contributed by atoms with E-state index in [0.717, 1.165) is 16.9 Å². The molecule has 0 aliphatic rings. The zero-order valence-corrected chi connectivity index (χ0v) is 13.8. The average Bonchev–Trinajstić information content (AvgIpc) is 2.61. The van der Waals surface area contributed by atoms with Crippen molar-refractivity contribution in [3.8, 4) is 11.8 Å². The van der Waals surface area contributed by atoms with Gasteiger partial charge in [-0.15, -0.1) is 0 Å². The van der Waals surface area contributed by atoms with Crippen LogP contribution < -0.4 is 4.74 Å².